The van der Waals surface area contributed by atoms with Crippen LogP contribution in [0, 0.1) is 17.4 Å². The Morgan fingerprint density at radius 2 is 2.11 bits per heavy atom. The number of pyridine rings is 1. The second kappa shape index (κ2) is 7.28. The van der Waals surface area contributed by atoms with Gasteiger partial charge in [0.2, 0.25) is 5.96 Å². The number of aromatic nitrogens is 1. The van der Waals surface area contributed by atoms with Crippen molar-refractivity contribution < 1.29 is 0 Å². The Kier molecular flexibility index (Phi) is 5.65. The Morgan fingerprint density at radius 1 is 1.44 bits per heavy atom. The normalized spacial score (nSPS) is 14.4. The second-order valence-corrected chi connectivity index (χ2v) is 4.20. The molecule has 5 heteroatoms. The lowest BCUT2D eigenvalue weighted by Gasteiger charge is -2.16. The molecule has 96 valence electrons. The van der Waals surface area contributed by atoms with Crippen molar-refractivity contribution in [2.75, 3.05) is 5.32 Å². The minimum atomic E-state index is 0.153. The average molecular weight is 245 g/mol. The highest BCUT2D eigenvalue weighted by Gasteiger charge is 2.10. The zero-order valence-corrected chi connectivity index (χ0v) is 11.0. The highest BCUT2D eigenvalue weighted by atomic mass is 15.2. The predicted octanol–water partition coefficient (Wildman–Crippen LogP) is 2.35. The third kappa shape index (κ3) is 4.42. The number of rotatable bonds is 4. The number of anilines is 1. The highest BCUT2D eigenvalue weighted by molar-refractivity contribution is 5.94. The summed E-state index contributed by atoms with van der Waals surface area (Å²) in [4.78, 5) is 8.42. The molecule has 0 spiro atoms. The molecule has 1 aromatic rings. The van der Waals surface area contributed by atoms with Crippen molar-refractivity contribution in [1.82, 2.24) is 10.3 Å². The van der Waals surface area contributed by atoms with Crippen LogP contribution in [0.5, 0.6) is 0 Å². The first-order valence-electron chi connectivity index (χ1n) is 6.07. The zero-order valence-electron chi connectivity index (χ0n) is 11.0. The van der Waals surface area contributed by atoms with Gasteiger partial charge in [0.05, 0.1) is 6.04 Å². The maximum Gasteiger partial charge on any atom is 0.209 e. The summed E-state index contributed by atoms with van der Waals surface area (Å²) in [7, 11) is 0. The van der Waals surface area contributed by atoms with Gasteiger partial charge in [-0.05, 0) is 25.0 Å². The van der Waals surface area contributed by atoms with Crippen LogP contribution in [0.2, 0.25) is 0 Å². The first-order chi connectivity index (χ1) is 8.67. The van der Waals surface area contributed by atoms with Gasteiger partial charge in [0.15, 0.2) is 6.19 Å². The van der Waals surface area contributed by atoms with Crippen molar-refractivity contribution in [1.29, 1.82) is 5.26 Å². The third-order valence-corrected chi connectivity index (χ3v) is 2.92. The molecular weight excluding hydrogens is 226 g/mol. The van der Waals surface area contributed by atoms with Gasteiger partial charge < -0.3 is 5.32 Å². The molecule has 0 bridgehead atoms. The van der Waals surface area contributed by atoms with E-state index in [4.69, 9.17) is 5.26 Å². The highest BCUT2D eigenvalue weighted by Crippen LogP contribution is 2.11. The lowest BCUT2D eigenvalue weighted by atomic mass is 10.0. The molecule has 2 N–H and O–H groups in total. The summed E-state index contributed by atoms with van der Waals surface area (Å²) in [6, 6.07) is 3.80. The number of hydrogen-bond donors (Lipinski definition) is 2. The Hall–Kier alpha value is -2.09. The van der Waals surface area contributed by atoms with Gasteiger partial charge in [-0.2, -0.15) is 5.26 Å². The Morgan fingerprint density at radius 3 is 2.67 bits per heavy atom. The van der Waals surface area contributed by atoms with E-state index in [2.05, 4.69) is 34.5 Å². The summed E-state index contributed by atoms with van der Waals surface area (Å²) in [5.74, 6) is 0.941. The summed E-state index contributed by atoms with van der Waals surface area (Å²) < 4.78 is 0. The first kappa shape index (κ1) is 14.0. The summed E-state index contributed by atoms with van der Waals surface area (Å²) >= 11 is 0. The van der Waals surface area contributed by atoms with E-state index in [0.29, 0.717) is 11.9 Å². The van der Waals surface area contributed by atoms with Gasteiger partial charge in [-0.1, -0.05) is 20.3 Å². The number of guanidine groups is 1. The number of aliphatic imine (C=N–C) groups is 1. The quantitative estimate of drug-likeness (QED) is 0.369. The van der Waals surface area contributed by atoms with Crippen LogP contribution >= 0.6 is 0 Å². The molecule has 0 radical (unpaired) electrons. The van der Waals surface area contributed by atoms with Crippen LogP contribution in [0.1, 0.15) is 27.2 Å². The monoisotopic (exact) mass is 245 g/mol. The Labute approximate surface area is 108 Å². The Bertz CT molecular complexity index is 421. The average Bonchev–Trinajstić information content (AvgIpc) is 2.39. The van der Waals surface area contributed by atoms with E-state index in [9.17, 15) is 0 Å². The lowest BCUT2D eigenvalue weighted by molar-refractivity contribution is 0.471. The largest absolute Gasteiger partial charge is 0.325 e. The molecule has 0 aromatic carbocycles. The molecule has 0 amide bonds. The molecule has 1 aromatic heterocycles. The summed E-state index contributed by atoms with van der Waals surface area (Å²) in [6.07, 6.45) is 6.32. The molecule has 0 fully saturated rings. The molecule has 5 nitrogen and oxygen atoms in total. The maximum atomic E-state index is 8.73. The molecule has 0 aliphatic rings. The minimum absolute atomic E-state index is 0.153. The first-order valence-corrected chi connectivity index (χ1v) is 6.07. The van der Waals surface area contributed by atoms with E-state index >= 15 is 0 Å². The lowest BCUT2D eigenvalue weighted by Crippen LogP contribution is -2.29. The van der Waals surface area contributed by atoms with Gasteiger partial charge in [0, 0.05) is 18.1 Å². The van der Waals surface area contributed by atoms with Crippen LogP contribution in [0.3, 0.4) is 0 Å². The van der Waals surface area contributed by atoms with Gasteiger partial charge in [-0.25, -0.2) is 4.99 Å². The maximum absolute atomic E-state index is 8.73. The molecule has 2 atom stereocenters. The predicted molar refractivity (Wildman–Crippen MR) is 73.0 cm³/mol. The van der Waals surface area contributed by atoms with Crippen LogP contribution < -0.4 is 10.6 Å². The molecule has 18 heavy (non-hydrogen) atoms. The minimum Gasteiger partial charge on any atom is -0.325 e. The number of nitrogens with zero attached hydrogens (tertiary/aromatic N) is 3. The molecule has 0 saturated carbocycles. The zero-order chi connectivity index (χ0) is 13.4. The standard InChI is InChI=1S/C13H19N5/c1-4-10(2)11(3)17-13(16-9-14)18-12-5-7-15-8-6-12/h5-8,10-11H,4H2,1-3H3,(H2,15,16,17,18)/t10-,11+/m0/s1. The second-order valence-electron chi connectivity index (χ2n) is 4.20. The smallest absolute Gasteiger partial charge is 0.209 e. The summed E-state index contributed by atoms with van der Waals surface area (Å²) in [5.41, 5.74) is 0.850. The van der Waals surface area contributed by atoms with Crippen molar-refractivity contribution in [3.8, 4) is 6.19 Å². The number of hydrogen-bond acceptors (Lipinski definition) is 3. The molecule has 0 unspecified atom stereocenters. The SMILES string of the molecule is CC[C@H](C)[C@@H](C)N=C(NC#N)Nc1ccncc1. The van der Waals surface area contributed by atoms with E-state index < -0.39 is 0 Å². The van der Waals surface area contributed by atoms with Gasteiger partial charge in [-0.15, -0.1) is 0 Å². The van der Waals surface area contributed by atoms with Crippen molar-refractivity contribution in [2.45, 2.75) is 33.2 Å². The van der Waals surface area contributed by atoms with E-state index in [1.165, 1.54) is 0 Å². The fourth-order valence-electron chi connectivity index (χ4n) is 1.39. The van der Waals surface area contributed by atoms with E-state index in [-0.39, 0.29) is 6.04 Å². The molecule has 0 saturated heterocycles. The third-order valence-electron chi connectivity index (χ3n) is 2.92. The fourth-order valence-corrected chi connectivity index (χ4v) is 1.39. The number of nitrogens with one attached hydrogen (secondary N) is 2. The van der Waals surface area contributed by atoms with Gasteiger partial charge in [0.25, 0.3) is 0 Å². The van der Waals surface area contributed by atoms with Crippen LogP contribution in [0.25, 0.3) is 0 Å². The molecule has 0 aliphatic heterocycles. The van der Waals surface area contributed by atoms with Crippen molar-refractivity contribution >= 4 is 11.6 Å². The van der Waals surface area contributed by atoms with Gasteiger partial charge in [0.1, 0.15) is 0 Å². The van der Waals surface area contributed by atoms with E-state index in [0.717, 1.165) is 12.1 Å². The molecule has 0 aliphatic carbocycles. The molecule has 1 rings (SSSR count). The van der Waals surface area contributed by atoms with Crippen molar-refractivity contribution in [2.24, 2.45) is 10.9 Å². The topological polar surface area (TPSA) is 73.1 Å². The summed E-state index contributed by atoms with van der Waals surface area (Å²) in [6.45, 7) is 6.32. The fraction of sp³-hybridized carbons (Fsp3) is 0.462. The van der Waals surface area contributed by atoms with E-state index in [1.54, 1.807) is 12.4 Å². The van der Waals surface area contributed by atoms with Crippen LogP contribution in [0.15, 0.2) is 29.5 Å². The number of nitriles is 1. The molecular formula is C13H19N5. The van der Waals surface area contributed by atoms with Gasteiger partial charge in [-0.3, -0.25) is 10.3 Å². The van der Waals surface area contributed by atoms with E-state index in [1.807, 2.05) is 25.2 Å². The summed E-state index contributed by atoms with van der Waals surface area (Å²) in [5, 5.41) is 14.4. The molecule has 1 heterocycles. The van der Waals surface area contributed by atoms with Crippen molar-refractivity contribution in [3.05, 3.63) is 24.5 Å². The van der Waals surface area contributed by atoms with Crippen LogP contribution in [-0.2, 0) is 0 Å². The van der Waals surface area contributed by atoms with Crippen LogP contribution in [-0.4, -0.2) is 17.0 Å². The Balaban J connectivity index is 2.77. The van der Waals surface area contributed by atoms with Crippen molar-refractivity contribution in [3.63, 3.8) is 0 Å². The van der Waals surface area contributed by atoms with Gasteiger partial charge >= 0.3 is 0 Å². The van der Waals surface area contributed by atoms with Crippen LogP contribution in [0.4, 0.5) is 5.69 Å².